The molecular weight excluding hydrogens is 274 g/mol. The minimum atomic E-state index is -0.579. The van der Waals surface area contributed by atoms with Crippen molar-refractivity contribution in [1.29, 1.82) is 0 Å². The summed E-state index contributed by atoms with van der Waals surface area (Å²) in [5, 5.41) is 10.2. The lowest BCUT2D eigenvalue weighted by Gasteiger charge is -2.39. The number of amides is 1. The first-order valence-corrected chi connectivity index (χ1v) is 8.64. The van der Waals surface area contributed by atoms with Crippen molar-refractivity contribution in [2.75, 3.05) is 11.4 Å². The van der Waals surface area contributed by atoms with Crippen molar-refractivity contribution in [3.05, 3.63) is 29.8 Å². The molecule has 1 heterocycles. The highest BCUT2D eigenvalue weighted by molar-refractivity contribution is 6.00. The van der Waals surface area contributed by atoms with Crippen LogP contribution in [0.1, 0.15) is 63.4 Å². The number of hydrogen-bond acceptors (Lipinski definition) is 2. The van der Waals surface area contributed by atoms with E-state index in [9.17, 15) is 9.90 Å². The Bertz CT molecular complexity index is 576. The molecule has 0 atom stereocenters. The molecule has 2 aliphatic carbocycles. The van der Waals surface area contributed by atoms with Crippen molar-refractivity contribution in [1.82, 2.24) is 0 Å². The predicted octanol–water partition coefficient (Wildman–Crippen LogP) is 3.61. The molecular formula is C19H25NO2. The van der Waals surface area contributed by atoms with Crippen LogP contribution in [0.15, 0.2) is 24.3 Å². The fourth-order valence-electron chi connectivity index (χ4n) is 4.14. The van der Waals surface area contributed by atoms with Crippen molar-refractivity contribution < 1.29 is 9.90 Å². The van der Waals surface area contributed by atoms with Crippen LogP contribution < -0.4 is 4.90 Å². The van der Waals surface area contributed by atoms with Gasteiger partial charge in [-0.3, -0.25) is 4.79 Å². The molecule has 0 aromatic heterocycles. The molecule has 3 nitrogen and oxygen atoms in total. The molecule has 0 bridgehead atoms. The summed E-state index contributed by atoms with van der Waals surface area (Å²) < 4.78 is 0. The lowest BCUT2D eigenvalue weighted by atomic mass is 9.68. The quantitative estimate of drug-likeness (QED) is 0.906. The Morgan fingerprint density at radius 1 is 1.05 bits per heavy atom. The molecule has 2 saturated carbocycles. The molecule has 1 N–H and O–H groups in total. The molecule has 22 heavy (non-hydrogen) atoms. The first kappa shape index (κ1) is 14.3. The molecule has 118 valence electrons. The third-order valence-corrected chi connectivity index (χ3v) is 6.05. The Labute approximate surface area is 132 Å². The molecule has 3 aliphatic rings. The van der Waals surface area contributed by atoms with Crippen LogP contribution in [0.5, 0.6) is 0 Å². The summed E-state index contributed by atoms with van der Waals surface area (Å²) in [6.45, 7) is 2.72. The van der Waals surface area contributed by atoms with E-state index in [2.05, 4.69) is 24.3 Å². The summed E-state index contributed by atoms with van der Waals surface area (Å²) in [5.74, 6) is 1.04. The van der Waals surface area contributed by atoms with Gasteiger partial charge < -0.3 is 10.0 Å². The van der Waals surface area contributed by atoms with Gasteiger partial charge in [0.2, 0.25) is 5.91 Å². The second kappa shape index (κ2) is 4.82. The van der Waals surface area contributed by atoms with E-state index in [0.717, 1.165) is 50.3 Å². The number of rotatable bonds is 2. The highest BCUT2D eigenvalue weighted by Gasteiger charge is 2.50. The summed E-state index contributed by atoms with van der Waals surface area (Å²) >= 11 is 0. The van der Waals surface area contributed by atoms with Crippen LogP contribution in [-0.4, -0.2) is 23.2 Å². The topological polar surface area (TPSA) is 40.5 Å². The number of benzene rings is 1. The zero-order chi connectivity index (χ0) is 15.4. The van der Waals surface area contributed by atoms with Gasteiger partial charge in [0, 0.05) is 12.2 Å². The van der Waals surface area contributed by atoms with Gasteiger partial charge in [0.05, 0.1) is 11.0 Å². The number of aliphatic hydroxyl groups is 1. The molecule has 1 aromatic rings. The molecule has 1 saturated heterocycles. The molecule has 1 amide bonds. The molecule has 3 heteroatoms. The summed E-state index contributed by atoms with van der Waals surface area (Å²) in [4.78, 5) is 14.9. The van der Waals surface area contributed by atoms with E-state index >= 15 is 0 Å². The SMILES string of the molecule is C[C@]1(O)CC[C@@]2(CCN(c3ccc(C4CC4)cc3)C2=O)CC1. The van der Waals surface area contributed by atoms with Crippen LogP contribution >= 0.6 is 0 Å². The number of nitrogens with zero attached hydrogens (tertiary/aromatic N) is 1. The van der Waals surface area contributed by atoms with Crippen LogP contribution in [0.3, 0.4) is 0 Å². The first-order chi connectivity index (χ1) is 10.5. The Balaban J connectivity index is 1.51. The lowest BCUT2D eigenvalue weighted by molar-refractivity contribution is -0.130. The number of carbonyl (C=O) groups excluding carboxylic acids is 1. The van der Waals surface area contributed by atoms with E-state index in [4.69, 9.17) is 0 Å². The average Bonchev–Trinajstić information content (AvgIpc) is 3.30. The maximum Gasteiger partial charge on any atom is 0.233 e. The second-order valence-electron chi connectivity index (χ2n) is 7.85. The molecule has 0 radical (unpaired) electrons. The van der Waals surface area contributed by atoms with Gasteiger partial charge in [0.1, 0.15) is 0 Å². The Morgan fingerprint density at radius 2 is 1.68 bits per heavy atom. The van der Waals surface area contributed by atoms with Gasteiger partial charge in [-0.1, -0.05) is 12.1 Å². The molecule has 0 unspecified atom stereocenters. The van der Waals surface area contributed by atoms with Gasteiger partial charge >= 0.3 is 0 Å². The normalized spacial score (nSPS) is 35.4. The van der Waals surface area contributed by atoms with E-state index in [0.29, 0.717) is 0 Å². The van der Waals surface area contributed by atoms with Gasteiger partial charge in [0.25, 0.3) is 0 Å². The summed E-state index contributed by atoms with van der Waals surface area (Å²) in [6, 6.07) is 8.61. The minimum absolute atomic E-state index is 0.211. The molecule has 1 aliphatic heterocycles. The first-order valence-electron chi connectivity index (χ1n) is 8.64. The van der Waals surface area contributed by atoms with Crippen molar-refractivity contribution in [3.63, 3.8) is 0 Å². The van der Waals surface area contributed by atoms with Crippen LogP contribution in [0.4, 0.5) is 5.69 Å². The Kier molecular flexibility index (Phi) is 3.12. The molecule has 4 rings (SSSR count). The average molecular weight is 299 g/mol. The zero-order valence-electron chi connectivity index (χ0n) is 13.3. The van der Waals surface area contributed by atoms with Gasteiger partial charge in [-0.05, 0) is 75.5 Å². The van der Waals surface area contributed by atoms with Crippen LogP contribution in [0.25, 0.3) is 0 Å². The summed E-state index contributed by atoms with van der Waals surface area (Å²) in [6.07, 6.45) is 6.70. The van der Waals surface area contributed by atoms with Gasteiger partial charge in [-0.2, -0.15) is 0 Å². The van der Waals surface area contributed by atoms with Crippen LogP contribution in [-0.2, 0) is 4.79 Å². The van der Waals surface area contributed by atoms with Gasteiger partial charge in [0.15, 0.2) is 0 Å². The van der Waals surface area contributed by atoms with E-state index in [1.165, 1.54) is 18.4 Å². The fourth-order valence-corrected chi connectivity index (χ4v) is 4.14. The standard InChI is InChI=1S/C19H25NO2/c1-18(22)8-10-19(11-9-18)12-13-20(17(19)21)16-6-4-15(5-7-16)14-2-3-14/h4-7,14,22H,2-3,8-13H2,1H3/t18-,19-. The molecule has 1 spiro atoms. The van der Waals surface area contributed by atoms with Crippen molar-refractivity contribution in [3.8, 4) is 0 Å². The maximum absolute atomic E-state index is 13.0. The summed E-state index contributed by atoms with van der Waals surface area (Å²) in [5.41, 5.74) is 1.67. The monoisotopic (exact) mass is 299 g/mol. The maximum atomic E-state index is 13.0. The molecule has 3 fully saturated rings. The summed E-state index contributed by atoms with van der Waals surface area (Å²) in [7, 11) is 0. The van der Waals surface area contributed by atoms with Crippen molar-refractivity contribution in [2.24, 2.45) is 5.41 Å². The third kappa shape index (κ3) is 2.36. The van der Waals surface area contributed by atoms with Crippen molar-refractivity contribution >= 4 is 11.6 Å². The Morgan fingerprint density at radius 3 is 2.27 bits per heavy atom. The lowest BCUT2D eigenvalue weighted by Crippen LogP contribution is -2.42. The van der Waals surface area contributed by atoms with E-state index < -0.39 is 5.60 Å². The fraction of sp³-hybridized carbons (Fsp3) is 0.632. The minimum Gasteiger partial charge on any atom is -0.390 e. The number of carbonyl (C=O) groups is 1. The van der Waals surface area contributed by atoms with E-state index in [-0.39, 0.29) is 11.3 Å². The zero-order valence-corrected chi connectivity index (χ0v) is 13.3. The van der Waals surface area contributed by atoms with E-state index in [1.54, 1.807) is 0 Å². The van der Waals surface area contributed by atoms with Crippen LogP contribution in [0.2, 0.25) is 0 Å². The van der Waals surface area contributed by atoms with Crippen molar-refractivity contribution in [2.45, 2.75) is 63.4 Å². The van der Waals surface area contributed by atoms with E-state index in [1.807, 2.05) is 11.8 Å². The van der Waals surface area contributed by atoms with Gasteiger partial charge in [-0.15, -0.1) is 0 Å². The van der Waals surface area contributed by atoms with Gasteiger partial charge in [-0.25, -0.2) is 0 Å². The number of anilines is 1. The largest absolute Gasteiger partial charge is 0.390 e. The Hall–Kier alpha value is -1.35. The number of hydrogen-bond donors (Lipinski definition) is 1. The predicted molar refractivity (Wildman–Crippen MR) is 86.9 cm³/mol. The second-order valence-corrected chi connectivity index (χ2v) is 7.85. The highest BCUT2D eigenvalue weighted by Crippen LogP contribution is 2.48. The third-order valence-electron chi connectivity index (χ3n) is 6.05. The molecule has 1 aromatic carbocycles. The van der Waals surface area contributed by atoms with Crippen LogP contribution in [0, 0.1) is 5.41 Å². The smallest absolute Gasteiger partial charge is 0.233 e. The highest BCUT2D eigenvalue weighted by atomic mass is 16.3.